The first kappa shape index (κ1) is 12.5. The van der Waals surface area contributed by atoms with E-state index in [1.807, 2.05) is 0 Å². The second kappa shape index (κ2) is 4.95. The van der Waals surface area contributed by atoms with Gasteiger partial charge in [0.25, 0.3) is 0 Å². The van der Waals surface area contributed by atoms with Gasteiger partial charge >= 0.3 is 0 Å². The van der Waals surface area contributed by atoms with Gasteiger partial charge in [-0.15, -0.1) is 0 Å². The highest BCUT2D eigenvalue weighted by atomic mass is 35.5. The molecule has 15 heavy (non-hydrogen) atoms. The van der Waals surface area contributed by atoms with Gasteiger partial charge in [-0.3, -0.25) is 0 Å². The number of nitrogens with one attached hydrogen (secondary N) is 1. The van der Waals surface area contributed by atoms with E-state index in [9.17, 15) is 4.39 Å². The lowest BCUT2D eigenvalue weighted by Crippen LogP contribution is -2.37. The summed E-state index contributed by atoms with van der Waals surface area (Å²) < 4.78 is 13.0. The predicted molar refractivity (Wildman–Crippen MR) is 62.6 cm³/mol. The average molecular weight is 230 g/mol. The number of halogens is 2. The van der Waals surface area contributed by atoms with E-state index in [4.69, 9.17) is 11.6 Å². The molecule has 0 saturated heterocycles. The summed E-state index contributed by atoms with van der Waals surface area (Å²) in [6.45, 7) is 6.99. The number of hydrogen-bond donors (Lipinski definition) is 1. The normalized spacial score (nSPS) is 11.8. The zero-order chi connectivity index (χ0) is 11.5. The van der Waals surface area contributed by atoms with E-state index in [1.165, 1.54) is 12.1 Å². The first-order chi connectivity index (χ1) is 6.93. The maximum atomic E-state index is 13.0. The molecule has 1 aromatic carbocycles. The maximum absolute atomic E-state index is 13.0. The van der Waals surface area contributed by atoms with E-state index in [0.29, 0.717) is 11.6 Å². The highest BCUT2D eigenvalue weighted by Crippen LogP contribution is 2.15. The topological polar surface area (TPSA) is 12.0 Å². The molecular formula is C12H17ClFN. The van der Waals surface area contributed by atoms with Crippen LogP contribution >= 0.6 is 11.6 Å². The molecule has 0 aromatic heterocycles. The average Bonchev–Trinajstić information content (AvgIpc) is 2.14. The molecule has 1 nitrogen and oxygen atoms in total. The van der Waals surface area contributed by atoms with Crippen molar-refractivity contribution in [1.82, 2.24) is 5.32 Å². The number of rotatable bonds is 4. The molecule has 1 rings (SSSR count). The van der Waals surface area contributed by atoms with Crippen molar-refractivity contribution in [2.24, 2.45) is 0 Å². The summed E-state index contributed by atoms with van der Waals surface area (Å²) >= 11 is 5.77. The van der Waals surface area contributed by atoms with Crippen LogP contribution in [-0.2, 0) is 6.54 Å². The lowest BCUT2D eigenvalue weighted by Gasteiger charge is -2.24. The van der Waals surface area contributed by atoms with Crippen molar-refractivity contribution >= 4 is 11.6 Å². The van der Waals surface area contributed by atoms with Crippen molar-refractivity contribution < 1.29 is 4.39 Å². The van der Waals surface area contributed by atoms with Crippen molar-refractivity contribution in [2.45, 2.75) is 39.3 Å². The summed E-state index contributed by atoms with van der Waals surface area (Å²) in [5, 5.41) is 3.80. The Morgan fingerprint density at radius 3 is 2.53 bits per heavy atom. The van der Waals surface area contributed by atoms with Crippen LogP contribution in [0.4, 0.5) is 4.39 Å². The molecule has 0 radical (unpaired) electrons. The molecule has 0 aliphatic heterocycles. The molecule has 0 aliphatic carbocycles. The standard InChI is InChI=1S/C12H17ClFN/c1-4-12(2,3)15-8-9-5-10(13)7-11(14)6-9/h5-7,15H,4,8H2,1-3H3. The van der Waals surface area contributed by atoms with E-state index < -0.39 is 0 Å². The fourth-order valence-electron chi connectivity index (χ4n) is 1.18. The molecule has 0 bridgehead atoms. The van der Waals surface area contributed by atoms with Crippen LogP contribution in [0.25, 0.3) is 0 Å². The van der Waals surface area contributed by atoms with Crippen molar-refractivity contribution in [3.8, 4) is 0 Å². The van der Waals surface area contributed by atoms with Gasteiger partial charge in [0, 0.05) is 17.1 Å². The molecule has 0 saturated carbocycles. The molecule has 0 fully saturated rings. The molecule has 84 valence electrons. The van der Waals surface area contributed by atoms with Crippen LogP contribution in [0.3, 0.4) is 0 Å². The van der Waals surface area contributed by atoms with Crippen molar-refractivity contribution in [1.29, 1.82) is 0 Å². The van der Waals surface area contributed by atoms with Gasteiger partial charge in [0.1, 0.15) is 5.82 Å². The second-order valence-electron chi connectivity index (χ2n) is 4.37. The second-order valence-corrected chi connectivity index (χ2v) is 4.81. The van der Waals surface area contributed by atoms with E-state index in [2.05, 4.69) is 26.1 Å². The lowest BCUT2D eigenvalue weighted by molar-refractivity contribution is 0.374. The Morgan fingerprint density at radius 1 is 1.33 bits per heavy atom. The van der Waals surface area contributed by atoms with Crippen molar-refractivity contribution in [3.63, 3.8) is 0 Å². The Balaban J connectivity index is 2.65. The molecule has 0 aliphatic rings. The Morgan fingerprint density at radius 2 is 2.00 bits per heavy atom. The van der Waals surface area contributed by atoms with Crippen molar-refractivity contribution in [3.05, 3.63) is 34.6 Å². The highest BCUT2D eigenvalue weighted by Gasteiger charge is 2.13. The Kier molecular flexibility index (Phi) is 4.12. The molecule has 0 unspecified atom stereocenters. The SMILES string of the molecule is CCC(C)(C)NCc1cc(F)cc(Cl)c1. The van der Waals surface area contributed by atoms with Gasteiger partial charge in [0.2, 0.25) is 0 Å². The molecule has 0 atom stereocenters. The fourth-order valence-corrected chi connectivity index (χ4v) is 1.42. The Bertz CT molecular complexity index is 316. The summed E-state index contributed by atoms with van der Waals surface area (Å²) in [6, 6.07) is 4.60. The molecule has 0 heterocycles. The Hall–Kier alpha value is -0.600. The minimum absolute atomic E-state index is 0.0682. The van der Waals surface area contributed by atoms with Crippen LogP contribution in [0.15, 0.2) is 18.2 Å². The largest absolute Gasteiger partial charge is 0.308 e. The zero-order valence-electron chi connectivity index (χ0n) is 9.40. The fraction of sp³-hybridized carbons (Fsp3) is 0.500. The van der Waals surface area contributed by atoms with E-state index >= 15 is 0 Å². The molecule has 1 aromatic rings. The minimum atomic E-state index is -0.284. The van der Waals surface area contributed by atoms with Crippen LogP contribution in [0.5, 0.6) is 0 Å². The van der Waals surface area contributed by atoms with E-state index in [-0.39, 0.29) is 11.4 Å². The lowest BCUT2D eigenvalue weighted by atomic mass is 10.0. The zero-order valence-corrected chi connectivity index (χ0v) is 10.2. The monoisotopic (exact) mass is 229 g/mol. The third-order valence-electron chi connectivity index (χ3n) is 2.58. The van der Waals surface area contributed by atoms with Gasteiger partial charge in [-0.2, -0.15) is 0 Å². The van der Waals surface area contributed by atoms with Crippen LogP contribution in [0.1, 0.15) is 32.8 Å². The summed E-state index contributed by atoms with van der Waals surface area (Å²) in [7, 11) is 0. The first-order valence-electron chi connectivity index (χ1n) is 5.13. The summed E-state index contributed by atoms with van der Waals surface area (Å²) in [4.78, 5) is 0. The predicted octanol–water partition coefficient (Wildman–Crippen LogP) is 3.76. The van der Waals surface area contributed by atoms with Gasteiger partial charge in [-0.05, 0) is 44.0 Å². The van der Waals surface area contributed by atoms with E-state index in [1.54, 1.807) is 6.07 Å². The van der Waals surface area contributed by atoms with Gasteiger partial charge in [0.05, 0.1) is 0 Å². The summed E-state index contributed by atoms with van der Waals surface area (Å²) in [6.07, 6.45) is 1.02. The van der Waals surface area contributed by atoms with Gasteiger partial charge in [-0.25, -0.2) is 4.39 Å². The van der Waals surface area contributed by atoms with Crippen LogP contribution in [-0.4, -0.2) is 5.54 Å². The van der Waals surface area contributed by atoms with Crippen LogP contribution < -0.4 is 5.32 Å². The quantitative estimate of drug-likeness (QED) is 0.829. The van der Waals surface area contributed by atoms with Gasteiger partial charge < -0.3 is 5.32 Å². The number of benzene rings is 1. The van der Waals surface area contributed by atoms with Crippen molar-refractivity contribution in [2.75, 3.05) is 0 Å². The number of hydrogen-bond acceptors (Lipinski definition) is 1. The Labute approximate surface area is 95.6 Å². The maximum Gasteiger partial charge on any atom is 0.125 e. The molecule has 0 amide bonds. The molecular weight excluding hydrogens is 213 g/mol. The first-order valence-corrected chi connectivity index (χ1v) is 5.51. The minimum Gasteiger partial charge on any atom is -0.308 e. The summed E-state index contributed by atoms with van der Waals surface area (Å²) in [5.41, 5.74) is 0.945. The van der Waals surface area contributed by atoms with Crippen LogP contribution in [0.2, 0.25) is 5.02 Å². The van der Waals surface area contributed by atoms with Gasteiger partial charge in [0.15, 0.2) is 0 Å². The highest BCUT2D eigenvalue weighted by molar-refractivity contribution is 6.30. The molecule has 3 heteroatoms. The molecule has 0 spiro atoms. The van der Waals surface area contributed by atoms with Crippen LogP contribution in [0, 0.1) is 5.82 Å². The third kappa shape index (κ3) is 4.18. The van der Waals surface area contributed by atoms with Gasteiger partial charge in [-0.1, -0.05) is 18.5 Å². The summed E-state index contributed by atoms with van der Waals surface area (Å²) in [5.74, 6) is -0.284. The smallest absolute Gasteiger partial charge is 0.125 e. The molecule has 1 N–H and O–H groups in total. The third-order valence-corrected chi connectivity index (χ3v) is 2.80. The van der Waals surface area contributed by atoms with E-state index in [0.717, 1.165) is 12.0 Å².